The first-order valence-electron chi connectivity index (χ1n) is 8.21. The van der Waals surface area contributed by atoms with Gasteiger partial charge in [-0.1, -0.05) is 19.8 Å². The van der Waals surface area contributed by atoms with Gasteiger partial charge in [0.05, 0.1) is 6.04 Å². The summed E-state index contributed by atoms with van der Waals surface area (Å²) in [5.74, 6) is -1.19. The summed E-state index contributed by atoms with van der Waals surface area (Å²) in [5, 5.41) is 33.2. The summed E-state index contributed by atoms with van der Waals surface area (Å²) in [5.41, 5.74) is 4.61. The average molecular weight is 329 g/mol. The minimum atomic E-state index is -1.36. The summed E-state index contributed by atoms with van der Waals surface area (Å²) >= 11 is 0. The van der Waals surface area contributed by atoms with E-state index in [1.54, 1.807) is 0 Å². The zero-order chi connectivity index (χ0) is 17.5. The molecule has 1 amide bonds. The van der Waals surface area contributed by atoms with E-state index in [-0.39, 0.29) is 18.3 Å². The Balaban J connectivity index is 2.61. The first-order valence-corrected chi connectivity index (χ1v) is 8.21. The second-order valence-corrected chi connectivity index (χ2v) is 6.25. The van der Waals surface area contributed by atoms with Crippen LogP contribution in [0.25, 0.3) is 0 Å². The van der Waals surface area contributed by atoms with Gasteiger partial charge in [0.25, 0.3) is 0 Å². The topological polar surface area (TPSA) is 145 Å². The predicted molar refractivity (Wildman–Crippen MR) is 86.7 cm³/mol. The van der Waals surface area contributed by atoms with Crippen LogP contribution in [0.4, 0.5) is 0 Å². The number of nitrogens with two attached hydrogens (primary N) is 1. The van der Waals surface area contributed by atoms with Gasteiger partial charge in [-0.2, -0.15) is 0 Å². The molecule has 1 aliphatic heterocycles. The maximum absolute atomic E-state index is 11.9. The van der Waals surface area contributed by atoms with E-state index < -0.39 is 24.7 Å². The maximum atomic E-state index is 11.9. The number of amides is 1. The minimum Gasteiger partial charge on any atom is -0.480 e. The maximum Gasteiger partial charge on any atom is 0.451 e. The summed E-state index contributed by atoms with van der Waals surface area (Å²) < 4.78 is 0. The number of piperidine rings is 1. The highest BCUT2D eigenvalue weighted by Crippen LogP contribution is 2.26. The fourth-order valence-corrected chi connectivity index (χ4v) is 2.91. The van der Waals surface area contributed by atoms with Gasteiger partial charge in [-0.05, 0) is 38.5 Å². The number of aliphatic carboxylic acids is 1. The second kappa shape index (κ2) is 9.22. The van der Waals surface area contributed by atoms with Crippen molar-refractivity contribution in [2.24, 2.45) is 5.73 Å². The van der Waals surface area contributed by atoms with Gasteiger partial charge in [0, 0.05) is 6.04 Å². The number of carboxylic acid groups (broad SMARTS) is 1. The van der Waals surface area contributed by atoms with E-state index in [1.165, 1.54) is 0 Å². The lowest BCUT2D eigenvalue weighted by atomic mass is 9.78. The van der Waals surface area contributed by atoms with Crippen molar-refractivity contribution in [2.45, 2.75) is 69.4 Å². The molecule has 0 aromatic rings. The highest BCUT2D eigenvalue weighted by molar-refractivity contribution is 6.40. The van der Waals surface area contributed by atoms with E-state index in [9.17, 15) is 14.7 Å². The van der Waals surface area contributed by atoms with Gasteiger partial charge >= 0.3 is 13.1 Å². The molecule has 0 aromatic heterocycles. The van der Waals surface area contributed by atoms with Crippen molar-refractivity contribution in [3.8, 4) is 0 Å². The highest BCUT2D eigenvalue weighted by atomic mass is 16.4. The van der Waals surface area contributed by atoms with E-state index >= 15 is 0 Å². The summed E-state index contributed by atoms with van der Waals surface area (Å²) in [6, 6.07) is -0.795. The largest absolute Gasteiger partial charge is 0.480 e. The quantitative estimate of drug-likeness (QED) is 0.236. The molecular formula is C14H28BN3O5. The van der Waals surface area contributed by atoms with Crippen LogP contribution in [-0.2, 0) is 9.59 Å². The van der Waals surface area contributed by atoms with Crippen molar-refractivity contribution in [2.75, 3.05) is 6.54 Å². The Labute approximate surface area is 137 Å². The third kappa shape index (κ3) is 6.10. The molecule has 1 aliphatic rings. The number of hydrogen-bond donors (Lipinski definition) is 6. The van der Waals surface area contributed by atoms with E-state index in [1.807, 2.05) is 6.92 Å². The molecule has 0 spiro atoms. The van der Waals surface area contributed by atoms with Gasteiger partial charge in [-0.25, -0.2) is 0 Å². The molecule has 0 bridgehead atoms. The molecule has 7 N–H and O–H groups in total. The Kier molecular flexibility index (Phi) is 7.97. The molecule has 1 fully saturated rings. The third-order valence-corrected chi connectivity index (χ3v) is 4.40. The zero-order valence-electron chi connectivity index (χ0n) is 13.6. The van der Waals surface area contributed by atoms with E-state index in [0.29, 0.717) is 45.1 Å². The number of carbonyl (C=O) groups excluding carboxylic acids is 1. The van der Waals surface area contributed by atoms with Crippen LogP contribution >= 0.6 is 0 Å². The van der Waals surface area contributed by atoms with Gasteiger partial charge in [-0.15, -0.1) is 0 Å². The van der Waals surface area contributed by atoms with Crippen molar-refractivity contribution in [1.82, 2.24) is 10.6 Å². The molecule has 1 saturated heterocycles. The van der Waals surface area contributed by atoms with Crippen LogP contribution in [0, 0.1) is 0 Å². The first-order chi connectivity index (χ1) is 10.8. The highest BCUT2D eigenvalue weighted by Gasteiger charge is 2.42. The Hall–Kier alpha value is -1.16. The van der Waals surface area contributed by atoms with Crippen molar-refractivity contribution in [1.29, 1.82) is 0 Å². The lowest BCUT2D eigenvalue weighted by Gasteiger charge is -2.39. The number of rotatable bonds is 9. The zero-order valence-corrected chi connectivity index (χ0v) is 13.6. The number of unbranched alkanes of at least 4 members (excludes halogenated alkanes) is 1. The number of nitrogens with one attached hydrogen (secondary N) is 2. The smallest absolute Gasteiger partial charge is 0.451 e. The Morgan fingerprint density at radius 1 is 1.43 bits per heavy atom. The summed E-state index contributed by atoms with van der Waals surface area (Å²) in [4.78, 5) is 23.6. The van der Waals surface area contributed by atoms with Crippen LogP contribution in [-0.4, -0.2) is 58.3 Å². The van der Waals surface area contributed by atoms with Crippen molar-refractivity contribution < 1.29 is 24.7 Å². The molecule has 3 atom stereocenters. The van der Waals surface area contributed by atoms with Crippen LogP contribution < -0.4 is 16.4 Å². The molecule has 0 aliphatic carbocycles. The average Bonchev–Trinajstić information content (AvgIpc) is 2.50. The van der Waals surface area contributed by atoms with Crippen LogP contribution in [0.1, 0.15) is 45.4 Å². The summed E-state index contributed by atoms with van der Waals surface area (Å²) in [6.45, 7) is 2.32. The van der Waals surface area contributed by atoms with Crippen molar-refractivity contribution >= 4 is 19.0 Å². The lowest BCUT2D eigenvalue weighted by Crippen LogP contribution is -2.61. The third-order valence-electron chi connectivity index (χ3n) is 4.40. The molecule has 132 valence electrons. The van der Waals surface area contributed by atoms with Crippen LogP contribution in [0.3, 0.4) is 0 Å². The molecule has 0 radical (unpaired) electrons. The van der Waals surface area contributed by atoms with Crippen LogP contribution in [0.2, 0.25) is 6.32 Å². The monoisotopic (exact) mass is 329 g/mol. The van der Waals surface area contributed by atoms with Gasteiger partial charge in [0.1, 0.15) is 5.54 Å². The van der Waals surface area contributed by atoms with Crippen molar-refractivity contribution in [3.05, 3.63) is 0 Å². The van der Waals surface area contributed by atoms with Gasteiger partial charge in [0.2, 0.25) is 5.91 Å². The second-order valence-electron chi connectivity index (χ2n) is 6.25. The Morgan fingerprint density at radius 3 is 2.70 bits per heavy atom. The van der Waals surface area contributed by atoms with Crippen molar-refractivity contribution in [3.63, 3.8) is 0 Å². The Bertz CT molecular complexity index is 410. The predicted octanol–water partition coefficient (Wildman–Crippen LogP) is -0.942. The normalized spacial score (nSPS) is 25.7. The summed E-state index contributed by atoms with van der Waals surface area (Å²) in [7, 11) is -1.36. The summed E-state index contributed by atoms with van der Waals surface area (Å²) in [6.07, 6.45) is 3.18. The molecule has 1 rings (SSSR count). The van der Waals surface area contributed by atoms with E-state index in [2.05, 4.69) is 10.6 Å². The van der Waals surface area contributed by atoms with Crippen LogP contribution in [0.5, 0.6) is 0 Å². The molecule has 23 heavy (non-hydrogen) atoms. The molecule has 0 saturated carbocycles. The van der Waals surface area contributed by atoms with Gasteiger partial charge in [0.15, 0.2) is 0 Å². The van der Waals surface area contributed by atoms with E-state index in [0.717, 1.165) is 0 Å². The first kappa shape index (κ1) is 19.9. The molecule has 1 heterocycles. The lowest BCUT2D eigenvalue weighted by molar-refractivity contribution is -0.147. The molecule has 0 aromatic carbocycles. The Morgan fingerprint density at radius 2 is 2.13 bits per heavy atom. The fourth-order valence-electron chi connectivity index (χ4n) is 2.91. The minimum absolute atomic E-state index is 0.221. The molecular weight excluding hydrogens is 301 g/mol. The number of carboxylic acids is 1. The number of hydrogen-bond acceptors (Lipinski definition) is 6. The molecule has 8 nitrogen and oxygen atoms in total. The van der Waals surface area contributed by atoms with Crippen LogP contribution in [0.15, 0.2) is 0 Å². The molecule has 0 unspecified atom stereocenters. The molecule has 9 heteroatoms. The van der Waals surface area contributed by atoms with Gasteiger partial charge < -0.3 is 31.5 Å². The fraction of sp³-hybridized carbons (Fsp3) is 0.857. The SMILES string of the molecule is CC[C@H](N)C(=O)N[C@H]1CCN[C@@](CCCCB(O)O)(C(=O)O)C1. The standard InChI is InChI=1S/C14H28BN3O5/c1-2-11(16)12(19)18-10-5-8-17-14(9-10,13(20)21)6-3-4-7-15(22)23/h10-11,17,22-23H,2-9,16H2,1H3,(H,18,19)(H,20,21)/t10-,11-,14+/m0/s1. The number of carbonyl (C=O) groups is 2. The van der Waals surface area contributed by atoms with Gasteiger partial charge in [-0.3, -0.25) is 9.59 Å². The van der Waals surface area contributed by atoms with E-state index in [4.69, 9.17) is 15.8 Å².